The van der Waals surface area contributed by atoms with Gasteiger partial charge in [0.15, 0.2) is 0 Å². The van der Waals surface area contributed by atoms with Crippen LogP contribution in [0.3, 0.4) is 0 Å². The standard InChI is InChI=1S/C6H8ClNO.ClH/c1-4-5(9)2-3-8-6(4)7;/h2,8-9H,3H2,1H3;1H. The smallest absolute Gasteiger partial charge is 0.119 e. The van der Waals surface area contributed by atoms with Crippen molar-refractivity contribution in [1.82, 2.24) is 5.32 Å². The van der Waals surface area contributed by atoms with E-state index in [2.05, 4.69) is 5.32 Å². The summed E-state index contributed by atoms with van der Waals surface area (Å²) in [7, 11) is 0. The predicted molar refractivity (Wildman–Crippen MR) is 44.5 cm³/mol. The molecule has 0 unspecified atom stereocenters. The zero-order valence-corrected chi connectivity index (χ0v) is 7.09. The van der Waals surface area contributed by atoms with Crippen LogP contribution < -0.4 is 5.32 Å². The van der Waals surface area contributed by atoms with Crippen molar-refractivity contribution in [3.05, 3.63) is 22.6 Å². The highest BCUT2D eigenvalue weighted by Crippen LogP contribution is 2.15. The van der Waals surface area contributed by atoms with E-state index in [0.717, 1.165) is 0 Å². The van der Waals surface area contributed by atoms with Crippen molar-refractivity contribution in [1.29, 1.82) is 0 Å². The first-order valence-corrected chi connectivity index (χ1v) is 3.09. The minimum Gasteiger partial charge on any atom is -0.508 e. The number of nitrogens with one attached hydrogen (secondary N) is 1. The zero-order chi connectivity index (χ0) is 6.85. The molecule has 1 heterocycles. The lowest BCUT2D eigenvalue weighted by molar-refractivity contribution is 0.416. The molecule has 1 aliphatic heterocycles. The Hall–Kier alpha value is -0.340. The van der Waals surface area contributed by atoms with E-state index in [1.807, 2.05) is 0 Å². The van der Waals surface area contributed by atoms with Crippen molar-refractivity contribution in [3.63, 3.8) is 0 Å². The number of rotatable bonds is 0. The number of hydrogen-bond donors (Lipinski definition) is 2. The zero-order valence-electron chi connectivity index (χ0n) is 5.52. The molecule has 0 aromatic carbocycles. The molecule has 4 heteroatoms. The highest BCUT2D eigenvalue weighted by Gasteiger charge is 2.06. The molecule has 0 radical (unpaired) electrons. The third-order valence-corrected chi connectivity index (χ3v) is 1.68. The molecular formula is C6H9Cl2NO. The Kier molecular flexibility index (Phi) is 3.61. The van der Waals surface area contributed by atoms with Crippen LogP contribution in [0.4, 0.5) is 0 Å². The van der Waals surface area contributed by atoms with Gasteiger partial charge in [-0.1, -0.05) is 11.6 Å². The predicted octanol–water partition coefficient (Wildman–Crippen LogP) is 1.92. The van der Waals surface area contributed by atoms with Gasteiger partial charge in [-0.2, -0.15) is 0 Å². The molecule has 0 saturated carbocycles. The number of allylic oxidation sites excluding steroid dienone is 1. The molecule has 0 amide bonds. The maximum Gasteiger partial charge on any atom is 0.119 e. The van der Waals surface area contributed by atoms with Gasteiger partial charge in [0.2, 0.25) is 0 Å². The van der Waals surface area contributed by atoms with E-state index >= 15 is 0 Å². The fourth-order valence-electron chi connectivity index (χ4n) is 0.635. The Morgan fingerprint density at radius 1 is 1.70 bits per heavy atom. The highest BCUT2D eigenvalue weighted by molar-refractivity contribution is 6.29. The quantitative estimate of drug-likeness (QED) is 0.561. The summed E-state index contributed by atoms with van der Waals surface area (Å²) >= 11 is 5.63. The van der Waals surface area contributed by atoms with Crippen LogP contribution in [-0.2, 0) is 0 Å². The molecule has 0 spiro atoms. The number of halogens is 2. The van der Waals surface area contributed by atoms with E-state index in [-0.39, 0.29) is 18.2 Å². The van der Waals surface area contributed by atoms with Crippen molar-refractivity contribution < 1.29 is 5.11 Å². The minimum absolute atomic E-state index is 0. The van der Waals surface area contributed by atoms with Crippen LogP contribution in [0.25, 0.3) is 0 Å². The molecule has 58 valence electrons. The van der Waals surface area contributed by atoms with Gasteiger partial charge in [-0.05, 0) is 13.0 Å². The first-order chi connectivity index (χ1) is 4.22. The third kappa shape index (κ3) is 1.82. The highest BCUT2D eigenvalue weighted by atomic mass is 35.5. The van der Waals surface area contributed by atoms with Gasteiger partial charge in [0.25, 0.3) is 0 Å². The second kappa shape index (κ2) is 3.74. The van der Waals surface area contributed by atoms with Crippen molar-refractivity contribution >= 4 is 24.0 Å². The Balaban J connectivity index is 0.000000810. The van der Waals surface area contributed by atoms with E-state index in [9.17, 15) is 0 Å². The van der Waals surface area contributed by atoms with Crippen LogP contribution in [0.5, 0.6) is 0 Å². The number of hydrogen-bond acceptors (Lipinski definition) is 2. The summed E-state index contributed by atoms with van der Waals surface area (Å²) in [6.07, 6.45) is 1.68. The molecule has 0 aromatic rings. The van der Waals surface area contributed by atoms with Crippen molar-refractivity contribution in [2.75, 3.05) is 6.54 Å². The van der Waals surface area contributed by atoms with Crippen molar-refractivity contribution in [2.45, 2.75) is 6.92 Å². The van der Waals surface area contributed by atoms with E-state index in [1.165, 1.54) is 0 Å². The van der Waals surface area contributed by atoms with Crippen LogP contribution in [0, 0.1) is 0 Å². The molecule has 0 atom stereocenters. The molecule has 0 bridgehead atoms. The average Bonchev–Trinajstić information content (AvgIpc) is 1.83. The SMILES string of the molecule is CC1=C(Cl)NCC=C1O.Cl. The molecule has 0 aromatic heterocycles. The van der Waals surface area contributed by atoms with Gasteiger partial charge in [0.1, 0.15) is 10.9 Å². The van der Waals surface area contributed by atoms with Crippen LogP contribution in [0.1, 0.15) is 6.92 Å². The molecule has 10 heavy (non-hydrogen) atoms. The van der Waals surface area contributed by atoms with Gasteiger partial charge in [0, 0.05) is 12.1 Å². The summed E-state index contributed by atoms with van der Waals surface area (Å²) in [5.74, 6) is 0.277. The summed E-state index contributed by atoms with van der Waals surface area (Å²) in [5, 5.41) is 12.4. The van der Waals surface area contributed by atoms with Crippen molar-refractivity contribution in [2.24, 2.45) is 0 Å². The van der Waals surface area contributed by atoms with Gasteiger partial charge in [-0.3, -0.25) is 0 Å². The summed E-state index contributed by atoms with van der Waals surface area (Å²) in [5.41, 5.74) is 0.711. The van der Waals surface area contributed by atoms with Crippen LogP contribution in [0.15, 0.2) is 22.6 Å². The largest absolute Gasteiger partial charge is 0.508 e. The van der Waals surface area contributed by atoms with Gasteiger partial charge >= 0.3 is 0 Å². The number of aliphatic hydroxyl groups is 1. The van der Waals surface area contributed by atoms with Gasteiger partial charge in [-0.25, -0.2) is 0 Å². The normalized spacial score (nSPS) is 17.2. The summed E-state index contributed by atoms with van der Waals surface area (Å²) in [6, 6.07) is 0. The van der Waals surface area contributed by atoms with E-state index in [1.54, 1.807) is 13.0 Å². The fraction of sp³-hybridized carbons (Fsp3) is 0.333. The molecule has 2 N–H and O–H groups in total. The van der Waals surface area contributed by atoms with Gasteiger partial charge in [-0.15, -0.1) is 12.4 Å². The fourth-order valence-corrected chi connectivity index (χ4v) is 0.809. The van der Waals surface area contributed by atoms with E-state index in [0.29, 0.717) is 17.3 Å². The van der Waals surface area contributed by atoms with Crippen LogP contribution >= 0.6 is 24.0 Å². The number of dihydropyridines is 1. The summed E-state index contributed by atoms with van der Waals surface area (Å²) < 4.78 is 0. The lowest BCUT2D eigenvalue weighted by Gasteiger charge is -2.11. The second-order valence-electron chi connectivity index (χ2n) is 1.91. The van der Waals surface area contributed by atoms with Gasteiger partial charge in [0.05, 0.1) is 0 Å². The minimum atomic E-state index is 0. The molecule has 0 fully saturated rings. The monoisotopic (exact) mass is 181 g/mol. The molecule has 0 saturated heterocycles. The van der Waals surface area contributed by atoms with Gasteiger partial charge < -0.3 is 10.4 Å². The molecule has 1 aliphatic rings. The molecule has 0 aliphatic carbocycles. The molecule has 1 rings (SSSR count). The van der Waals surface area contributed by atoms with Crippen LogP contribution in [0.2, 0.25) is 0 Å². The number of aliphatic hydroxyl groups excluding tert-OH is 1. The van der Waals surface area contributed by atoms with Crippen LogP contribution in [-0.4, -0.2) is 11.7 Å². The molecule has 2 nitrogen and oxygen atoms in total. The lowest BCUT2D eigenvalue weighted by atomic mass is 10.2. The maximum atomic E-state index is 9.03. The first kappa shape index (κ1) is 9.66. The van der Waals surface area contributed by atoms with E-state index < -0.39 is 0 Å². The summed E-state index contributed by atoms with van der Waals surface area (Å²) in [4.78, 5) is 0. The average molecular weight is 182 g/mol. The maximum absolute atomic E-state index is 9.03. The Morgan fingerprint density at radius 3 is 2.70 bits per heavy atom. The Labute approximate surface area is 71.0 Å². The van der Waals surface area contributed by atoms with Crippen molar-refractivity contribution in [3.8, 4) is 0 Å². The summed E-state index contributed by atoms with van der Waals surface area (Å²) in [6.45, 7) is 2.38. The Morgan fingerprint density at radius 2 is 2.30 bits per heavy atom. The van der Waals surface area contributed by atoms with E-state index in [4.69, 9.17) is 16.7 Å². The second-order valence-corrected chi connectivity index (χ2v) is 2.29. The Bertz CT molecular complexity index is 186. The first-order valence-electron chi connectivity index (χ1n) is 2.71. The topological polar surface area (TPSA) is 32.3 Å². The molecular weight excluding hydrogens is 173 g/mol. The lowest BCUT2D eigenvalue weighted by Crippen LogP contribution is -2.16. The third-order valence-electron chi connectivity index (χ3n) is 1.27.